The summed E-state index contributed by atoms with van der Waals surface area (Å²) in [7, 11) is 0. The lowest BCUT2D eigenvalue weighted by molar-refractivity contribution is 0.294. The second-order valence-electron chi connectivity index (χ2n) is 6.05. The zero-order chi connectivity index (χ0) is 18.5. The standard InChI is InChI=1S/C22H19F3O/c1-2-3-12-26-22-11-7-17(14-21(22)25)19-10-6-16(13-20(19)24)15-4-8-18(23)9-5-15/h4-11,13-14H,2-3,12H2,1H3. The monoisotopic (exact) mass is 356 g/mol. The van der Waals surface area contributed by atoms with Crippen molar-refractivity contribution in [3.63, 3.8) is 0 Å². The average Bonchev–Trinajstić information content (AvgIpc) is 2.64. The van der Waals surface area contributed by atoms with Crippen molar-refractivity contribution in [2.24, 2.45) is 0 Å². The molecule has 0 fully saturated rings. The fraction of sp³-hybridized carbons (Fsp3) is 0.182. The molecule has 3 aromatic rings. The summed E-state index contributed by atoms with van der Waals surface area (Å²) >= 11 is 0. The van der Waals surface area contributed by atoms with Crippen LogP contribution in [0.15, 0.2) is 60.7 Å². The second-order valence-corrected chi connectivity index (χ2v) is 6.05. The van der Waals surface area contributed by atoms with E-state index in [0.717, 1.165) is 12.8 Å². The highest BCUT2D eigenvalue weighted by Gasteiger charge is 2.11. The third-order valence-electron chi connectivity index (χ3n) is 4.14. The first-order chi connectivity index (χ1) is 12.6. The van der Waals surface area contributed by atoms with Crippen molar-refractivity contribution in [1.82, 2.24) is 0 Å². The Morgan fingerprint density at radius 2 is 1.38 bits per heavy atom. The van der Waals surface area contributed by atoms with Crippen LogP contribution < -0.4 is 4.74 Å². The topological polar surface area (TPSA) is 9.23 Å². The van der Waals surface area contributed by atoms with E-state index >= 15 is 0 Å². The molecule has 0 saturated carbocycles. The number of benzene rings is 3. The zero-order valence-electron chi connectivity index (χ0n) is 14.4. The molecule has 0 bridgehead atoms. The van der Waals surface area contributed by atoms with Gasteiger partial charge in [-0.15, -0.1) is 0 Å². The lowest BCUT2D eigenvalue weighted by Crippen LogP contribution is -1.99. The number of hydrogen-bond donors (Lipinski definition) is 0. The quantitative estimate of drug-likeness (QED) is 0.451. The van der Waals surface area contributed by atoms with E-state index in [9.17, 15) is 13.2 Å². The van der Waals surface area contributed by atoms with Gasteiger partial charge in [0.2, 0.25) is 0 Å². The molecule has 0 N–H and O–H groups in total. The molecule has 0 aliphatic carbocycles. The van der Waals surface area contributed by atoms with Gasteiger partial charge >= 0.3 is 0 Å². The number of hydrogen-bond acceptors (Lipinski definition) is 1. The highest BCUT2D eigenvalue weighted by atomic mass is 19.1. The van der Waals surface area contributed by atoms with Crippen LogP contribution in [-0.4, -0.2) is 6.61 Å². The van der Waals surface area contributed by atoms with Crippen molar-refractivity contribution < 1.29 is 17.9 Å². The summed E-state index contributed by atoms with van der Waals surface area (Å²) < 4.78 is 47.1. The highest BCUT2D eigenvalue weighted by Crippen LogP contribution is 2.30. The molecule has 0 saturated heterocycles. The highest BCUT2D eigenvalue weighted by molar-refractivity contribution is 5.71. The van der Waals surface area contributed by atoms with E-state index in [0.29, 0.717) is 28.9 Å². The first-order valence-electron chi connectivity index (χ1n) is 8.56. The van der Waals surface area contributed by atoms with Gasteiger partial charge in [0, 0.05) is 5.56 Å². The van der Waals surface area contributed by atoms with E-state index < -0.39 is 11.6 Å². The van der Waals surface area contributed by atoms with E-state index in [1.807, 2.05) is 6.92 Å². The summed E-state index contributed by atoms with van der Waals surface area (Å²) in [4.78, 5) is 0. The molecule has 0 radical (unpaired) electrons. The Balaban J connectivity index is 1.85. The first kappa shape index (κ1) is 18.1. The lowest BCUT2D eigenvalue weighted by Gasteiger charge is -2.10. The van der Waals surface area contributed by atoms with Gasteiger partial charge in [-0.05, 0) is 53.4 Å². The molecule has 134 valence electrons. The van der Waals surface area contributed by atoms with Crippen LogP contribution in [0.25, 0.3) is 22.3 Å². The van der Waals surface area contributed by atoms with Gasteiger partial charge in [-0.25, -0.2) is 13.2 Å². The van der Waals surface area contributed by atoms with Crippen molar-refractivity contribution in [2.45, 2.75) is 19.8 Å². The van der Waals surface area contributed by atoms with Gasteiger partial charge < -0.3 is 4.74 Å². The zero-order valence-corrected chi connectivity index (χ0v) is 14.4. The Labute approximate surface area is 151 Å². The number of unbranched alkanes of at least 4 members (excludes halogenated alkanes) is 1. The third kappa shape index (κ3) is 4.07. The molecule has 3 aromatic carbocycles. The van der Waals surface area contributed by atoms with Crippen molar-refractivity contribution in [2.75, 3.05) is 6.61 Å². The van der Waals surface area contributed by atoms with Crippen molar-refractivity contribution in [3.8, 4) is 28.0 Å². The van der Waals surface area contributed by atoms with Crippen LogP contribution >= 0.6 is 0 Å². The summed E-state index contributed by atoms with van der Waals surface area (Å²) in [5.41, 5.74) is 2.08. The fourth-order valence-corrected chi connectivity index (χ4v) is 2.68. The molecule has 0 aliphatic rings. The molecule has 0 amide bonds. The summed E-state index contributed by atoms with van der Waals surface area (Å²) in [5.74, 6) is -1.15. The SMILES string of the molecule is CCCCOc1ccc(-c2ccc(-c3ccc(F)cc3)cc2F)cc1F. The maximum absolute atomic E-state index is 14.6. The fourth-order valence-electron chi connectivity index (χ4n) is 2.68. The Kier molecular flexibility index (Phi) is 5.61. The maximum atomic E-state index is 14.6. The maximum Gasteiger partial charge on any atom is 0.165 e. The molecule has 0 aromatic heterocycles. The molecule has 0 unspecified atom stereocenters. The minimum absolute atomic E-state index is 0.172. The normalized spacial score (nSPS) is 10.8. The van der Waals surface area contributed by atoms with Crippen LogP contribution in [0.2, 0.25) is 0 Å². The first-order valence-corrected chi connectivity index (χ1v) is 8.56. The van der Waals surface area contributed by atoms with Crippen LogP contribution in [0.1, 0.15) is 19.8 Å². The van der Waals surface area contributed by atoms with Crippen molar-refractivity contribution in [3.05, 3.63) is 78.1 Å². The summed E-state index contributed by atoms with van der Waals surface area (Å²) in [6.07, 6.45) is 1.81. The van der Waals surface area contributed by atoms with E-state index in [1.165, 1.54) is 30.3 Å². The Hall–Kier alpha value is -2.75. The number of rotatable bonds is 6. The van der Waals surface area contributed by atoms with Crippen LogP contribution in [0.4, 0.5) is 13.2 Å². The van der Waals surface area contributed by atoms with Gasteiger partial charge in [0.05, 0.1) is 6.61 Å². The summed E-state index contributed by atoms with van der Waals surface area (Å²) in [5, 5.41) is 0. The second kappa shape index (κ2) is 8.09. The lowest BCUT2D eigenvalue weighted by atomic mass is 9.99. The van der Waals surface area contributed by atoms with Gasteiger partial charge in [-0.1, -0.05) is 43.7 Å². The van der Waals surface area contributed by atoms with E-state index in [4.69, 9.17) is 4.74 Å². The van der Waals surface area contributed by atoms with Crippen molar-refractivity contribution in [1.29, 1.82) is 0 Å². The Morgan fingerprint density at radius 3 is 2.04 bits per heavy atom. The molecule has 0 heterocycles. The molecule has 4 heteroatoms. The molecule has 0 aliphatic heterocycles. The Bertz CT molecular complexity index is 888. The van der Waals surface area contributed by atoms with Crippen LogP contribution in [0.3, 0.4) is 0 Å². The van der Waals surface area contributed by atoms with Gasteiger partial charge in [0.15, 0.2) is 11.6 Å². The largest absolute Gasteiger partial charge is 0.491 e. The molecule has 0 atom stereocenters. The third-order valence-corrected chi connectivity index (χ3v) is 4.14. The van der Waals surface area contributed by atoms with Gasteiger partial charge in [-0.3, -0.25) is 0 Å². The summed E-state index contributed by atoms with van der Waals surface area (Å²) in [6.45, 7) is 2.48. The average molecular weight is 356 g/mol. The predicted octanol–water partition coefficient (Wildman–Crippen LogP) is 6.62. The number of ether oxygens (including phenoxy) is 1. The molecule has 26 heavy (non-hydrogen) atoms. The smallest absolute Gasteiger partial charge is 0.165 e. The minimum Gasteiger partial charge on any atom is -0.491 e. The van der Waals surface area contributed by atoms with Gasteiger partial charge in [0.25, 0.3) is 0 Å². The molecular weight excluding hydrogens is 337 g/mol. The van der Waals surface area contributed by atoms with Crippen LogP contribution in [-0.2, 0) is 0 Å². The number of halogens is 3. The molecule has 3 rings (SSSR count). The van der Waals surface area contributed by atoms with Gasteiger partial charge in [0.1, 0.15) is 11.6 Å². The van der Waals surface area contributed by atoms with Gasteiger partial charge in [-0.2, -0.15) is 0 Å². The molecule has 1 nitrogen and oxygen atoms in total. The van der Waals surface area contributed by atoms with E-state index in [-0.39, 0.29) is 11.6 Å². The van der Waals surface area contributed by atoms with Crippen LogP contribution in [0.5, 0.6) is 5.75 Å². The Morgan fingerprint density at radius 1 is 0.731 bits per heavy atom. The van der Waals surface area contributed by atoms with Crippen LogP contribution in [0, 0.1) is 17.5 Å². The minimum atomic E-state index is -0.513. The van der Waals surface area contributed by atoms with E-state index in [1.54, 1.807) is 30.3 Å². The van der Waals surface area contributed by atoms with Crippen molar-refractivity contribution >= 4 is 0 Å². The molecular formula is C22H19F3O. The molecule has 0 spiro atoms. The predicted molar refractivity (Wildman–Crippen MR) is 97.6 cm³/mol. The van der Waals surface area contributed by atoms with E-state index in [2.05, 4.69) is 0 Å². The summed E-state index contributed by atoms with van der Waals surface area (Å²) in [6, 6.07) is 15.0.